The predicted molar refractivity (Wildman–Crippen MR) is 113 cm³/mol. The van der Waals surface area contributed by atoms with Crippen LogP contribution in [0, 0.1) is 5.92 Å². The Balaban J connectivity index is 0. The molecule has 0 saturated heterocycles. The quantitative estimate of drug-likeness (QED) is 0.525. The molecular weight excluding hydrogens is 391 g/mol. The molecule has 0 bridgehead atoms. The number of likely N-dealkylation sites (N-methyl/N-ethyl adjacent to an activating group) is 1. The van der Waals surface area contributed by atoms with Crippen LogP contribution >= 0.6 is 24.8 Å². The number of halogens is 2. The number of hydrogen-bond donors (Lipinski definition) is 3. The molecule has 0 aromatic heterocycles. The lowest BCUT2D eigenvalue weighted by Gasteiger charge is -2.15. The molecule has 9 heteroatoms. The van der Waals surface area contributed by atoms with Crippen molar-refractivity contribution in [1.82, 2.24) is 15.5 Å². The fourth-order valence-corrected chi connectivity index (χ4v) is 1.94. The highest BCUT2D eigenvalue weighted by Crippen LogP contribution is 2.13. The first kappa shape index (κ1) is 27.7. The van der Waals surface area contributed by atoms with Gasteiger partial charge in [-0.1, -0.05) is 26.0 Å². The van der Waals surface area contributed by atoms with Crippen molar-refractivity contribution < 1.29 is 14.3 Å². The van der Waals surface area contributed by atoms with Gasteiger partial charge in [0.05, 0.1) is 12.6 Å². The molecule has 1 rings (SSSR count). The number of hydrogen-bond acceptors (Lipinski definition) is 5. The second kappa shape index (κ2) is 14.5. The fraction of sp³-hybridized carbons (Fsp3) is 0.556. The van der Waals surface area contributed by atoms with E-state index in [1.54, 1.807) is 0 Å². The first-order valence-electron chi connectivity index (χ1n) is 8.46. The number of carbonyl (C=O) groups is 2. The molecule has 7 nitrogen and oxygen atoms in total. The lowest BCUT2D eigenvalue weighted by molar-refractivity contribution is -0.127. The summed E-state index contributed by atoms with van der Waals surface area (Å²) >= 11 is 0. The van der Waals surface area contributed by atoms with Crippen LogP contribution in [0.4, 0.5) is 0 Å². The van der Waals surface area contributed by atoms with Gasteiger partial charge in [0.15, 0.2) is 0 Å². The van der Waals surface area contributed by atoms with Gasteiger partial charge < -0.3 is 26.0 Å². The number of amides is 2. The van der Waals surface area contributed by atoms with E-state index in [-0.39, 0.29) is 49.1 Å². The first-order valence-corrected chi connectivity index (χ1v) is 8.46. The van der Waals surface area contributed by atoms with E-state index in [1.807, 2.05) is 57.1 Å². The molecule has 1 atom stereocenters. The molecule has 4 N–H and O–H groups in total. The lowest BCUT2D eigenvalue weighted by Crippen LogP contribution is -2.47. The van der Waals surface area contributed by atoms with Gasteiger partial charge in [-0.3, -0.25) is 9.59 Å². The van der Waals surface area contributed by atoms with Crippen molar-refractivity contribution in [3.8, 4) is 5.75 Å². The third-order valence-corrected chi connectivity index (χ3v) is 3.64. The van der Waals surface area contributed by atoms with E-state index in [0.717, 1.165) is 17.9 Å². The van der Waals surface area contributed by atoms with Gasteiger partial charge in [-0.05, 0) is 37.7 Å². The number of rotatable bonds is 10. The summed E-state index contributed by atoms with van der Waals surface area (Å²) in [4.78, 5) is 25.6. The highest BCUT2D eigenvalue weighted by Gasteiger charge is 2.17. The van der Waals surface area contributed by atoms with Crippen LogP contribution < -0.4 is 21.1 Å². The minimum atomic E-state index is -0.608. The zero-order chi connectivity index (χ0) is 18.8. The molecule has 0 aliphatic rings. The van der Waals surface area contributed by atoms with Crippen molar-refractivity contribution in [2.45, 2.75) is 26.4 Å². The fourth-order valence-electron chi connectivity index (χ4n) is 1.94. The average Bonchev–Trinajstić information content (AvgIpc) is 2.57. The Morgan fingerprint density at radius 1 is 1.19 bits per heavy atom. The van der Waals surface area contributed by atoms with Crippen LogP contribution in [0.25, 0.3) is 0 Å². The van der Waals surface area contributed by atoms with E-state index in [1.165, 1.54) is 0 Å². The summed E-state index contributed by atoms with van der Waals surface area (Å²) in [6.07, 6.45) is 0. The van der Waals surface area contributed by atoms with Gasteiger partial charge in [0, 0.05) is 13.1 Å². The zero-order valence-corrected chi connectivity index (χ0v) is 18.0. The molecule has 0 aliphatic heterocycles. The molecule has 0 unspecified atom stereocenters. The Morgan fingerprint density at radius 3 is 2.44 bits per heavy atom. The smallest absolute Gasteiger partial charge is 0.239 e. The molecular formula is C18H32Cl2N4O3. The van der Waals surface area contributed by atoms with Crippen molar-refractivity contribution in [3.63, 3.8) is 0 Å². The summed E-state index contributed by atoms with van der Waals surface area (Å²) in [5.41, 5.74) is 6.66. The molecule has 0 spiro atoms. The molecule has 0 radical (unpaired) electrons. The Hall–Kier alpha value is -1.54. The van der Waals surface area contributed by atoms with Crippen LogP contribution in [0.15, 0.2) is 24.3 Å². The molecule has 0 aliphatic carbocycles. The van der Waals surface area contributed by atoms with E-state index in [4.69, 9.17) is 10.5 Å². The van der Waals surface area contributed by atoms with Gasteiger partial charge in [-0.2, -0.15) is 0 Å². The minimum Gasteiger partial charge on any atom is -0.492 e. The standard InChI is InChI=1S/C18H30N4O3.2ClH/c1-13(2)17(19)18(24)21-12-16(23)20-11-14-6-5-7-15(10-14)25-9-8-22(3)4;;/h5-7,10,13,17H,8-9,11-12,19H2,1-4H3,(H,20,23)(H,21,24);2*1H/t17-;;/m0../s1. The van der Waals surface area contributed by atoms with Crippen LogP contribution in [0.2, 0.25) is 0 Å². The monoisotopic (exact) mass is 422 g/mol. The van der Waals surface area contributed by atoms with E-state index in [2.05, 4.69) is 10.6 Å². The van der Waals surface area contributed by atoms with Crippen LogP contribution in [-0.2, 0) is 16.1 Å². The number of nitrogens with zero attached hydrogens (tertiary/aromatic N) is 1. The maximum Gasteiger partial charge on any atom is 0.239 e. The van der Waals surface area contributed by atoms with Gasteiger partial charge in [0.2, 0.25) is 11.8 Å². The van der Waals surface area contributed by atoms with Gasteiger partial charge in [0.25, 0.3) is 0 Å². The largest absolute Gasteiger partial charge is 0.492 e. The SMILES string of the molecule is CC(C)[C@H](N)C(=O)NCC(=O)NCc1cccc(OCCN(C)C)c1.Cl.Cl. The average molecular weight is 423 g/mol. The predicted octanol–water partition coefficient (Wildman–Crippen LogP) is 1.19. The zero-order valence-electron chi connectivity index (χ0n) is 16.4. The van der Waals surface area contributed by atoms with Crippen LogP contribution in [0.3, 0.4) is 0 Å². The summed E-state index contributed by atoms with van der Waals surface area (Å²) < 4.78 is 5.67. The van der Waals surface area contributed by atoms with Crippen molar-refractivity contribution >= 4 is 36.6 Å². The number of nitrogens with two attached hydrogens (primary N) is 1. The summed E-state index contributed by atoms with van der Waals surface area (Å²) in [6.45, 7) is 5.44. The molecule has 27 heavy (non-hydrogen) atoms. The number of ether oxygens (including phenoxy) is 1. The van der Waals surface area contributed by atoms with Crippen molar-refractivity contribution in [2.24, 2.45) is 11.7 Å². The molecule has 156 valence electrons. The maximum atomic E-state index is 11.8. The van der Waals surface area contributed by atoms with Crippen LogP contribution in [-0.4, -0.2) is 56.5 Å². The third kappa shape index (κ3) is 11.7. The minimum absolute atomic E-state index is 0. The van der Waals surface area contributed by atoms with Gasteiger partial charge in [-0.15, -0.1) is 24.8 Å². The molecule has 0 fully saturated rings. The molecule has 1 aromatic carbocycles. The Labute approximate surface area is 174 Å². The third-order valence-electron chi connectivity index (χ3n) is 3.64. The topological polar surface area (TPSA) is 96.7 Å². The normalized spacial score (nSPS) is 11.2. The molecule has 1 aromatic rings. The number of nitrogens with one attached hydrogen (secondary N) is 2. The summed E-state index contributed by atoms with van der Waals surface area (Å²) in [7, 11) is 3.98. The van der Waals surface area contributed by atoms with Gasteiger partial charge in [-0.25, -0.2) is 0 Å². The van der Waals surface area contributed by atoms with Crippen LogP contribution in [0.1, 0.15) is 19.4 Å². The second-order valence-electron chi connectivity index (χ2n) is 6.56. The number of carbonyl (C=O) groups excluding carboxylic acids is 2. The number of benzene rings is 1. The Morgan fingerprint density at radius 2 is 1.85 bits per heavy atom. The second-order valence-corrected chi connectivity index (χ2v) is 6.56. The van der Waals surface area contributed by atoms with Crippen LogP contribution in [0.5, 0.6) is 5.75 Å². The molecule has 2 amide bonds. The molecule has 0 saturated carbocycles. The first-order chi connectivity index (χ1) is 11.8. The van der Waals surface area contributed by atoms with E-state index in [9.17, 15) is 9.59 Å². The van der Waals surface area contributed by atoms with Gasteiger partial charge in [0.1, 0.15) is 12.4 Å². The van der Waals surface area contributed by atoms with Gasteiger partial charge >= 0.3 is 0 Å². The summed E-state index contributed by atoms with van der Waals surface area (Å²) in [6, 6.07) is 6.96. The van der Waals surface area contributed by atoms with Crippen molar-refractivity contribution in [2.75, 3.05) is 33.8 Å². The Kier molecular flexibility index (Phi) is 14.9. The maximum absolute atomic E-state index is 11.8. The Bertz CT molecular complexity index is 571. The lowest BCUT2D eigenvalue weighted by atomic mass is 10.1. The summed E-state index contributed by atoms with van der Waals surface area (Å²) in [5, 5.41) is 5.31. The highest BCUT2D eigenvalue weighted by molar-refractivity contribution is 5.87. The van der Waals surface area contributed by atoms with E-state index in [0.29, 0.717) is 13.2 Å². The van der Waals surface area contributed by atoms with E-state index < -0.39 is 6.04 Å². The van der Waals surface area contributed by atoms with E-state index >= 15 is 0 Å². The highest BCUT2D eigenvalue weighted by atomic mass is 35.5. The molecule has 0 heterocycles. The van der Waals surface area contributed by atoms with Crippen molar-refractivity contribution in [3.05, 3.63) is 29.8 Å². The summed E-state index contributed by atoms with van der Waals surface area (Å²) in [5.74, 6) is 0.216. The van der Waals surface area contributed by atoms with Crippen molar-refractivity contribution in [1.29, 1.82) is 0 Å².